The van der Waals surface area contributed by atoms with Crippen LogP contribution < -0.4 is 10.5 Å². The van der Waals surface area contributed by atoms with Gasteiger partial charge in [-0.1, -0.05) is 20.3 Å². The third-order valence-corrected chi connectivity index (χ3v) is 4.39. The Labute approximate surface area is 106 Å². The van der Waals surface area contributed by atoms with Crippen LogP contribution in [0.3, 0.4) is 0 Å². The van der Waals surface area contributed by atoms with E-state index in [-0.39, 0.29) is 0 Å². The van der Waals surface area contributed by atoms with Crippen molar-refractivity contribution < 1.29 is 8.95 Å². The van der Waals surface area contributed by atoms with Gasteiger partial charge in [-0.05, 0) is 31.0 Å². The lowest BCUT2D eigenvalue weighted by atomic mass is 10.2. The van der Waals surface area contributed by atoms with Crippen LogP contribution >= 0.6 is 0 Å². The van der Waals surface area contributed by atoms with E-state index >= 15 is 0 Å². The maximum atomic E-state index is 12.2. The number of hydrogen-bond donors (Lipinski definition) is 1. The summed E-state index contributed by atoms with van der Waals surface area (Å²) in [5.41, 5.74) is 6.43. The van der Waals surface area contributed by atoms with Crippen molar-refractivity contribution in [3.8, 4) is 5.75 Å². The van der Waals surface area contributed by atoms with Crippen LogP contribution in [0, 0.1) is 5.92 Å². The van der Waals surface area contributed by atoms with Crippen LogP contribution in [0.5, 0.6) is 5.75 Å². The van der Waals surface area contributed by atoms with Crippen LogP contribution in [-0.4, -0.2) is 16.6 Å². The van der Waals surface area contributed by atoms with E-state index in [1.54, 1.807) is 12.1 Å². The summed E-state index contributed by atoms with van der Waals surface area (Å²) < 4.78 is 17.6. The van der Waals surface area contributed by atoms with Crippen molar-refractivity contribution in [1.82, 2.24) is 0 Å². The summed E-state index contributed by atoms with van der Waals surface area (Å²) in [5.74, 6) is 1.82. The van der Waals surface area contributed by atoms with E-state index in [1.165, 1.54) is 0 Å². The molecule has 0 amide bonds. The molecule has 0 radical (unpaired) electrons. The summed E-state index contributed by atoms with van der Waals surface area (Å²) in [4.78, 5) is 0.691. The van der Waals surface area contributed by atoms with Gasteiger partial charge in [-0.2, -0.15) is 0 Å². The van der Waals surface area contributed by atoms with Gasteiger partial charge >= 0.3 is 0 Å². The van der Waals surface area contributed by atoms with Crippen LogP contribution in [0.4, 0.5) is 5.69 Å². The van der Waals surface area contributed by atoms with E-state index < -0.39 is 10.8 Å². The SMILES string of the molecule is CCOc1ccc(N)c(S(=O)CC(C)CC)c1. The molecule has 1 aromatic carbocycles. The zero-order valence-corrected chi connectivity index (χ0v) is 11.5. The molecule has 1 aromatic rings. The lowest BCUT2D eigenvalue weighted by Gasteiger charge is -2.11. The second-order valence-electron chi connectivity index (χ2n) is 4.16. The fourth-order valence-corrected chi connectivity index (χ4v) is 2.94. The number of nitrogen functional groups attached to an aromatic ring is 1. The Morgan fingerprint density at radius 3 is 2.71 bits per heavy atom. The van der Waals surface area contributed by atoms with Crippen molar-refractivity contribution in [2.45, 2.75) is 32.1 Å². The predicted octanol–water partition coefficient (Wildman–Crippen LogP) is 2.82. The summed E-state index contributed by atoms with van der Waals surface area (Å²) in [5, 5.41) is 0. The molecule has 2 unspecified atom stereocenters. The first kappa shape index (κ1) is 14.0. The van der Waals surface area contributed by atoms with Crippen LogP contribution in [0.25, 0.3) is 0 Å². The van der Waals surface area contributed by atoms with Gasteiger partial charge in [0.2, 0.25) is 0 Å². The quantitative estimate of drug-likeness (QED) is 0.795. The molecule has 0 aliphatic heterocycles. The molecule has 0 fully saturated rings. The Bertz CT molecular complexity index is 393. The molecule has 1 rings (SSSR count). The molecule has 0 heterocycles. The maximum Gasteiger partial charge on any atom is 0.120 e. The highest BCUT2D eigenvalue weighted by molar-refractivity contribution is 7.85. The summed E-state index contributed by atoms with van der Waals surface area (Å²) in [6, 6.07) is 5.36. The van der Waals surface area contributed by atoms with Crippen molar-refractivity contribution in [2.75, 3.05) is 18.1 Å². The molecule has 0 aliphatic carbocycles. The molecule has 2 N–H and O–H groups in total. The summed E-state index contributed by atoms with van der Waals surface area (Å²) in [6.45, 7) is 6.72. The van der Waals surface area contributed by atoms with E-state index in [0.717, 1.165) is 12.2 Å². The van der Waals surface area contributed by atoms with E-state index in [2.05, 4.69) is 13.8 Å². The highest BCUT2D eigenvalue weighted by atomic mass is 32.2. The number of hydrogen-bond acceptors (Lipinski definition) is 3. The lowest BCUT2D eigenvalue weighted by Crippen LogP contribution is -2.09. The molecule has 0 aliphatic rings. The molecule has 4 heteroatoms. The van der Waals surface area contributed by atoms with Gasteiger partial charge in [0.1, 0.15) is 5.75 Å². The average molecular weight is 255 g/mol. The number of benzene rings is 1. The number of rotatable bonds is 6. The van der Waals surface area contributed by atoms with Crippen molar-refractivity contribution in [1.29, 1.82) is 0 Å². The second kappa shape index (κ2) is 6.64. The Morgan fingerprint density at radius 2 is 2.12 bits per heavy atom. The van der Waals surface area contributed by atoms with Gasteiger partial charge in [0.05, 0.1) is 22.3 Å². The van der Waals surface area contributed by atoms with Crippen molar-refractivity contribution in [2.24, 2.45) is 5.92 Å². The van der Waals surface area contributed by atoms with Gasteiger partial charge in [0, 0.05) is 11.4 Å². The minimum Gasteiger partial charge on any atom is -0.494 e. The molecular weight excluding hydrogens is 234 g/mol. The predicted molar refractivity (Wildman–Crippen MR) is 72.8 cm³/mol. The van der Waals surface area contributed by atoms with Crippen LogP contribution in [0.1, 0.15) is 27.2 Å². The van der Waals surface area contributed by atoms with Crippen molar-refractivity contribution in [3.05, 3.63) is 18.2 Å². The van der Waals surface area contributed by atoms with Crippen LogP contribution in [-0.2, 0) is 10.8 Å². The van der Waals surface area contributed by atoms with Gasteiger partial charge in [0.25, 0.3) is 0 Å². The first-order valence-corrected chi connectivity index (χ1v) is 7.31. The first-order chi connectivity index (χ1) is 8.08. The minimum absolute atomic E-state index is 0.436. The Hall–Kier alpha value is -1.03. The van der Waals surface area contributed by atoms with Crippen LogP contribution in [0.2, 0.25) is 0 Å². The Balaban J connectivity index is 2.87. The van der Waals surface area contributed by atoms with E-state index in [4.69, 9.17) is 10.5 Å². The molecule has 0 saturated heterocycles. The topological polar surface area (TPSA) is 52.3 Å². The number of ether oxygens (including phenoxy) is 1. The summed E-state index contributed by atoms with van der Waals surface area (Å²) in [6.07, 6.45) is 1.02. The molecule has 96 valence electrons. The summed E-state index contributed by atoms with van der Waals surface area (Å²) in [7, 11) is -1.04. The summed E-state index contributed by atoms with van der Waals surface area (Å²) >= 11 is 0. The molecule has 3 nitrogen and oxygen atoms in total. The van der Waals surface area contributed by atoms with Crippen molar-refractivity contribution >= 4 is 16.5 Å². The number of nitrogens with two attached hydrogens (primary N) is 1. The normalized spacial score (nSPS) is 14.3. The van der Waals surface area contributed by atoms with Gasteiger partial charge in [-0.15, -0.1) is 0 Å². The molecule has 0 aromatic heterocycles. The Morgan fingerprint density at radius 1 is 1.41 bits per heavy atom. The third-order valence-electron chi connectivity index (χ3n) is 2.67. The number of anilines is 1. The van der Waals surface area contributed by atoms with E-state index in [1.807, 2.05) is 13.0 Å². The molecule has 2 atom stereocenters. The van der Waals surface area contributed by atoms with E-state index in [0.29, 0.717) is 28.9 Å². The highest BCUT2D eigenvalue weighted by Crippen LogP contribution is 2.24. The Kier molecular flexibility index (Phi) is 5.48. The van der Waals surface area contributed by atoms with Gasteiger partial charge < -0.3 is 10.5 Å². The fourth-order valence-electron chi connectivity index (χ4n) is 1.43. The third kappa shape index (κ3) is 4.04. The first-order valence-electron chi connectivity index (χ1n) is 5.99. The monoisotopic (exact) mass is 255 g/mol. The zero-order valence-electron chi connectivity index (χ0n) is 10.7. The standard InChI is InChI=1S/C13H21NO2S/c1-4-10(3)9-17(15)13-8-11(16-5-2)6-7-12(13)14/h6-8,10H,4-5,9,14H2,1-3H3. The fraction of sp³-hybridized carbons (Fsp3) is 0.538. The maximum absolute atomic E-state index is 12.2. The van der Waals surface area contributed by atoms with Gasteiger partial charge in [0.15, 0.2) is 0 Å². The largest absolute Gasteiger partial charge is 0.494 e. The smallest absolute Gasteiger partial charge is 0.120 e. The van der Waals surface area contributed by atoms with E-state index in [9.17, 15) is 4.21 Å². The zero-order chi connectivity index (χ0) is 12.8. The average Bonchev–Trinajstić information content (AvgIpc) is 2.31. The van der Waals surface area contributed by atoms with Crippen LogP contribution in [0.15, 0.2) is 23.1 Å². The molecule has 17 heavy (non-hydrogen) atoms. The van der Waals surface area contributed by atoms with Gasteiger partial charge in [-0.3, -0.25) is 4.21 Å². The van der Waals surface area contributed by atoms with Crippen molar-refractivity contribution in [3.63, 3.8) is 0 Å². The lowest BCUT2D eigenvalue weighted by molar-refractivity contribution is 0.339. The van der Waals surface area contributed by atoms with Gasteiger partial charge in [-0.25, -0.2) is 0 Å². The second-order valence-corrected chi connectivity index (χ2v) is 5.62. The highest BCUT2D eigenvalue weighted by Gasteiger charge is 2.12. The molecule has 0 bridgehead atoms. The molecule has 0 saturated carbocycles. The molecular formula is C13H21NO2S. The molecule has 0 spiro atoms. The minimum atomic E-state index is -1.04.